The van der Waals surface area contributed by atoms with E-state index in [0.29, 0.717) is 0 Å². The van der Waals surface area contributed by atoms with Crippen molar-refractivity contribution in [3.05, 3.63) is 0 Å². The maximum atomic E-state index is 12.8. The average molecular weight is 362 g/mol. The van der Waals surface area contributed by atoms with Gasteiger partial charge in [0.05, 0.1) is 0 Å². The zero-order valence-electron chi connectivity index (χ0n) is 9.84. The van der Waals surface area contributed by atoms with Crippen molar-refractivity contribution in [1.82, 2.24) is 0 Å². The fourth-order valence-electron chi connectivity index (χ4n) is 1.11. The van der Waals surface area contributed by atoms with E-state index in [4.69, 9.17) is 10.2 Å². The Morgan fingerprint density at radius 1 is 0.545 bits per heavy atom. The van der Waals surface area contributed by atoms with Crippen LogP contribution in [-0.4, -0.2) is 52.5 Å². The zero-order chi connectivity index (χ0) is 18.4. The molecule has 0 aromatic carbocycles. The Bertz CT molecular complexity index is 398. The molecule has 14 heteroatoms. The summed E-state index contributed by atoms with van der Waals surface area (Å²) in [6.45, 7) is -1.93. The van der Waals surface area contributed by atoms with Crippen LogP contribution in [0.25, 0.3) is 0 Å². The number of aliphatic hydroxyl groups is 2. The molecular weight excluding hydrogens is 356 g/mol. The van der Waals surface area contributed by atoms with Gasteiger partial charge in [0.2, 0.25) is 0 Å². The second-order valence-corrected chi connectivity index (χ2v) is 4.02. The van der Waals surface area contributed by atoms with Crippen LogP contribution in [-0.2, 0) is 0 Å². The van der Waals surface area contributed by atoms with Crippen molar-refractivity contribution in [2.24, 2.45) is 0 Å². The summed E-state index contributed by atoms with van der Waals surface area (Å²) >= 11 is 0. The molecule has 0 aromatic rings. The zero-order valence-corrected chi connectivity index (χ0v) is 9.84. The van der Waals surface area contributed by atoms with Gasteiger partial charge in [0.15, 0.2) is 0 Å². The summed E-state index contributed by atoms with van der Waals surface area (Å²) in [5, 5.41) is 15.4. The molecule has 2 N–H and O–H groups in total. The van der Waals surface area contributed by atoms with Gasteiger partial charge in [0.25, 0.3) is 0 Å². The Hall–Kier alpha value is -0.920. The molecule has 22 heavy (non-hydrogen) atoms. The summed E-state index contributed by atoms with van der Waals surface area (Å²) < 4.78 is 151. The molecule has 2 nitrogen and oxygen atoms in total. The summed E-state index contributed by atoms with van der Waals surface area (Å²) in [5.41, 5.74) is 0. The number of alkyl halides is 12. The Morgan fingerprint density at radius 3 is 1.14 bits per heavy atom. The van der Waals surface area contributed by atoms with Crippen molar-refractivity contribution in [2.75, 3.05) is 6.61 Å². The lowest BCUT2D eigenvalue weighted by atomic mass is 9.92. The SMILES string of the molecule is OCCC(F)(F)C(F)(F)C(F)(F)C(F)(F)C(F)(F)C(O)(F)F. The topological polar surface area (TPSA) is 40.5 Å². The molecule has 0 aliphatic rings. The highest BCUT2D eigenvalue weighted by molar-refractivity contribution is 5.09. The standard InChI is InChI=1S/C8H6F12O2/c9-3(10,1-2-21)4(11,12)5(13,14)6(15,16)7(17,18)8(19,20)22/h21-22H,1-2H2. The van der Waals surface area contributed by atoms with E-state index in [1.165, 1.54) is 0 Å². The van der Waals surface area contributed by atoms with Crippen LogP contribution in [0.2, 0.25) is 0 Å². The molecule has 0 heterocycles. The third kappa shape index (κ3) is 2.70. The van der Waals surface area contributed by atoms with E-state index in [2.05, 4.69) is 0 Å². The Balaban J connectivity index is 6.11. The van der Waals surface area contributed by atoms with Crippen LogP contribution in [0.15, 0.2) is 0 Å². The monoisotopic (exact) mass is 362 g/mol. The first-order valence-electron chi connectivity index (χ1n) is 4.91. The largest absolute Gasteiger partial charge is 0.423 e. The number of rotatable bonds is 7. The lowest BCUT2D eigenvalue weighted by Gasteiger charge is -2.40. The van der Waals surface area contributed by atoms with Crippen LogP contribution in [0.4, 0.5) is 52.7 Å². The summed E-state index contributed by atoms with van der Waals surface area (Å²) in [4.78, 5) is 0. The van der Waals surface area contributed by atoms with E-state index in [9.17, 15) is 52.7 Å². The predicted molar refractivity (Wildman–Crippen MR) is 43.6 cm³/mol. The van der Waals surface area contributed by atoms with Crippen LogP contribution < -0.4 is 0 Å². The molecule has 0 saturated carbocycles. The van der Waals surface area contributed by atoms with E-state index < -0.39 is 48.7 Å². The third-order valence-electron chi connectivity index (χ3n) is 2.45. The van der Waals surface area contributed by atoms with Gasteiger partial charge in [-0.05, 0) is 0 Å². The van der Waals surface area contributed by atoms with Gasteiger partial charge in [-0.1, -0.05) is 0 Å². The maximum Gasteiger partial charge on any atom is 0.423 e. The Kier molecular flexibility index (Phi) is 5.09. The van der Waals surface area contributed by atoms with Gasteiger partial charge in [-0.2, -0.15) is 52.7 Å². The fourth-order valence-corrected chi connectivity index (χ4v) is 1.11. The highest BCUT2D eigenvalue weighted by Crippen LogP contribution is 2.59. The lowest BCUT2D eigenvalue weighted by molar-refractivity contribution is -0.452. The summed E-state index contributed by atoms with van der Waals surface area (Å²) in [7, 11) is 0. The van der Waals surface area contributed by atoms with Crippen molar-refractivity contribution < 1.29 is 62.9 Å². The molecule has 0 spiro atoms. The van der Waals surface area contributed by atoms with Gasteiger partial charge < -0.3 is 10.2 Å². The number of hydrogen-bond acceptors (Lipinski definition) is 2. The molecule has 0 rings (SSSR count). The van der Waals surface area contributed by atoms with E-state index in [1.54, 1.807) is 0 Å². The minimum atomic E-state index is -7.76. The molecular formula is C8H6F12O2. The van der Waals surface area contributed by atoms with Crippen molar-refractivity contribution in [2.45, 2.75) is 42.1 Å². The lowest BCUT2D eigenvalue weighted by Crippen LogP contribution is -2.70. The molecule has 0 aromatic heterocycles. The fraction of sp³-hybridized carbons (Fsp3) is 1.00. The van der Waals surface area contributed by atoms with E-state index >= 15 is 0 Å². The highest BCUT2D eigenvalue weighted by atomic mass is 19.4. The third-order valence-corrected chi connectivity index (χ3v) is 2.45. The van der Waals surface area contributed by atoms with E-state index in [-0.39, 0.29) is 0 Å². The quantitative estimate of drug-likeness (QED) is 0.684. The Labute approximate surface area is 113 Å². The molecule has 0 amide bonds. The average Bonchev–Trinajstić information content (AvgIpc) is 2.26. The van der Waals surface area contributed by atoms with Gasteiger partial charge in [-0.25, -0.2) is 0 Å². The van der Waals surface area contributed by atoms with Crippen molar-refractivity contribution in [3.63, 3.8) is 0 Å². The van der Waals surface area contributed by atoms with Crippen LogP contribution in [0.1, 0.15) is 6.42 Å². The van der Waals surface area contributed by atoms with Gasteiger partial charge in [0.1, 0.15) is 0 Å². The predicted octanol–water partition coefficient (Wildman–Crippen LogP) is 3.13. The molecule has 0 saturated heterocycles. The van der Waals surface area contributed by atoms with E-state index in [1.807, 2.05) is 0 Å². The summed E-state index contributed by atoms with van der Waals surface area (Å²) in [6, 6.07) is 0. The van der Waals surface area contributed by atoms with Crippen LogP contribution in [0.3, 0.4) is 0 Å². The van der Waals surface area contributed by atoms with Gasteiger partial charge >= 0.3 is 35.7 Å². The van der Waals surface area contributed by atoms with Gasteiger partial charge in [-0.3, -0.25) is 0 Å². The molecule has 0 bridgehead atoms. The van der Waals surface area contributed by atoms with Gasteiger partial charge in [0, 0.05) is 13.0 Å². The summed E-state index contributed by atoms with van der Waals surface area (Å²) in [6.07, 6.45) is -9.46. The molecule has 0 aliphatic heterocycles. The first-order chi connectivity index (χ1) is 9.31. The second kappa shape index (κ2) is 5.32. The molecule has 0 atom stereocenters. The van der Waals surface area contributed by atoms with Crippen molar-refractivity contribution >= 4 is 0 Å². The molecule has 0 radical (unpaired) electrons. The minimum absolute atomic E-state index is 1.93. The number of hydrogen-bond donors (Lipinski definition) is 2. The normalized spacial score (nSPS) is 16.1. The Morgan fingerprint density at radius 2 is 0.864 bits per heavy atom. The van der Waals surface area contributed by atoms with Crippen LogP contribution in [0.5, 0.6) is 0 Å². The highest BCUT2D eigenvalue weighted by Gasteiger charge is 2.90. The summed E-state index contributed by atoms with van der Waals surface area (Å²) in [5.74, 6) is -36.4. The van der Waals surface area contributed by atoms with Gasteiger partial charge in [-0.15, -0.1) is 0 Å². The molecule has 0 unspecified atom stereocenters. The van der Waals surface area contributed by atoms with E-state index in [0.717, 1.165) is 0 Å². The number of aliphatic hydroxyl groups excluding tert-OH is 1. The first kappa shape index (κ1) is 21.1. The maximum absolute atomic E-state index is 12.8. The first-order valence-corrected chi connectivity index (χ1v) is 4.91. The van der Waals surface area contributed by atoms with Crippen LogP contribution >= 0.6 is 0 Å². The number of halogens is 12. The van der Waals surface area contributed by atoms with Crippen molar-refractivity contribution in [1.29, 1.82) is 0 Å². The molecule has 134 valence electrons. The smallest absolute Gasteiger partial charge is 0.396 e. The second-order valence-electron chi connectivity index (χ2n) is 4.02. The minimum Gasteiger partial charge on any atom is -0.396 e. The molecule has 0 fully saturated rings. The van der Waals surface area contributed by atoms with Crippen LogP contribution in [0, 0.1) is 0 Å². The molecule has 0 aliphatic carbocycles. The van der Waals surface area contributed by atoms with Crippen molar-refractivity contribution in [3.8, 4) is 0 Å².